The van der Waals surface area contributed by atoms with Gasteiger partial charge in [0, 0.05) is 80.5 Å². The molecule has 3 saturated heterocycles. The van der Waals surface area contributed by atoms with Crippen LogP contribution in [0.3, 0.4) is 0 Å². The molecule has 1 atom stereocenters. The predicted octanol–water partition coefficient (Wildman–Crippen LogP) is 2.98. The van der Waals surface area contributed by atoms with E-state index in [1.807, 2.05) is 0 Å². The Kier molecular flexibility index (Phi) is 12.0. The van der Waals surface area contributed by atoms with Crippen LogP contribution in [0.15, 0.2) is 36.4 Å². The molecule has 12 nitrogen and oxygen atoms in total. The second-order valence-electron chi connectivity index (χ2n) is 12.4. The number of nitrogens with one attached hydrogen (secondary N) is 3. The second-order valence-corrected chi connectivity index (χ2v) is 13.5. The Hall–Kier alpha value is -4.14. The van der Waals surface area contributed by atoms with E-state index >= 15 is 4.39 Å². The van der Waals surface area contributed by atoms with E-state index in [0.29, 0.717) is 86.4 Å². The number of hydrogen-bond acceptors (Lipinski definition) is 10. The molecule has 3 aliphatic heterocycles. The van der Waals surface area contributed by atoms with Gasteiger partial charge in [-0.25, -0.2) is 8.70 Å². The molecule has 14 heteroatoms. The van der Waals surface area contributed by atoms with Gasteiger partial charge in [0.25, 0.3) is 0 Å². The van der Waals surface area contributed by atoms with Gasteiger partial charge in [0.15, 0.2) is 5.82 Å². The van der Waals surface area contributed by atoms with Crippen LogP contribution >= 0.6 is 11.9 Å². The van der Waals surface area contributed by atoms with E-state index < -0.39 is 11.9 Å². The van der Waals surface area contributed by atoms with Crippen molar-refractivity contribution in [3.05, 3.63) is 58.9 Å². The minimum absolute atomic E-state index is 0.0297. The Morgan fingerprint density at radius 3 is 2.42 bits per heavy atom. The van der Waals surface area contributed by atoms with Crippen molar-refractivity contribution < 1.29 is 33.2 Å². The molecule has 3 N–H and O–H groups in total. The summed E-state index contributed by atoms with van der Waals surface area (Å²) < 4.78 is 17.3. The van der Waals surface area contributed by atoms with Crippen molar-refractivity contribution in [2.24, 2.45) is 5.92 Å². The van der Waals surface area contributed by atoms with Crippen molar-refractivity contribution in [3.8, 4) is 0 Å². The first-order chi connectivity index (χ1) is 23.1. The van der Waals surface area contributed by atoms with Gasteiger partial charge in [-0.3, -0.25) is 39.0 Å². The monoisotopic (exact) mass is 680 g/mol. The van der Waals surface area contributed by atoms with Gasteiger partial charge in [-0.2, -0.15) is 0 Å². The number of carbonyl (C=O) groups is 6. The number of carbonyl (C=O) groups excluding carboxylic acids is 6. The van der Waals surface area contributed by atoms with Crippen molar-refractivity contribution in [2.45, 2.75) is 56.9 Å². The third-order valence-corrected chi connectivity index (χ3v) is 10.3. The molecular weight excluding hydrogens is 639 g/mol. The van der Waals surface area contributed by atoms with Crippen LogP contribution in [-0.4, -0.2) is 95.6 Å². The van der Waals surface area contributed by atoms with Crippen LogP contribution < -0.4 is 16.0 Å². The van der Waals surface area contributed by atoms with Crippen molar-refractivity contribution in [3.63, 3.8) is 0 Å². The molecule has 256 valence electrons. The topological polar surface area (TPSA) is 148 Å². The Morgan fingerprint density at radius 1 is 1.00 bits per heavy atom. The molecule has 0 saturated carbocycles. The molecule has 2 aromatic rings. The summed E-state index contributed by atoms with van der Waals surface area (Å²) in [5, 5.41) is 8.25. The van der Waals surface area contributed by atoms with Gasteiger partial charge in [-0.15, -0.1) is 0 Å². The molecule has 4 amide bonds. The van der Waals surface area contributed by atoms with Crippen molar-refractivity contribution in [1.82, 2.24) is 19.4 Å². The van der Waals surface area contributed by atoms with Gasteiger partial charge in [0.05, 0.1) is 18.3 Å². The molecule has 0 aromatic heterocycles. The number of likely N-dealkylation sites (tertiary alicyclic amines) is 1. The number of anilines is 2. The summed E-state index contributed by atoms with van der Waals surface area (Å²) >= 11 is 1.48. The van der Waals surface area contributed by atoms with Gasteiger partial charge in [-0.1, -0.05) is 36.2 Å². The average molecular weight is 681 g/mol. The first-order valence-electron chi connectivity index (χ1n) is 16.2. The molecule has 48 heavy (non-hydrogen) atoms. The van der Waals surface area contributed by atoms with Gasteiger partial charge < -0.3 is 15.5 Å². The number of aldehydes is 1. The van der Waals surface area contributed by atoms with Crippen LogP contribution in [0.2, 0.25) is 0 Å². The number of imide groups is 1. The third-order valence-electron chi connectivity index (χ3n) is 9.16. The maximum atomic E-state index is 15.3. The number of hydrogen-bond donors (Lipinski definition) is 3. The zero-order valence-electron chi connectivity index (χ0n) is 27.0. The van der Waals surface area contributed by atoms with Crippen LogP contribution in [0.25, 0.3) is 0 Å². The summed E-state index contributed by atoms with van der Waals surface area (Å²) in [5.74, 6) is -1.31. The van der Waals surface area contributed by atoms with Gasteiger partial charge in [0.1, 0.15) is 12.1 Å². The molecule has 3 heterocycles. The molecular formula is C34H41FN6O6S. The summed E-state index contributed by atoms with van der Waals surface area (Å²) in [4.78, 5) is 77.0. The van der Waals surface area contributed by atoms with E-state index in [9.17, 15) is 28.8 Å². The van der Waals surface area contributed by atoms with Crippen LogP contribution in [0.1, 0.15) is 60.0 Å². The number of halogens is 1. The highest BCUT2D eigenvalue weighted by Gasteiger charge is 2.31. The van der Waals surface area contributed by atoms with Gasteiger partial charge >= 0.3 is 0 Å². The number of likely N-dealkylation sites (N-methyl/N-ethyl adjacent to an activating group) is 1. The lowest BCUT2D eigenvalue weighted by atomic mass is 9.95. The fourth-order valence-electron chi connectivity index (χ4n) is 6.24. The highest BCUT2D eigenvalue weighted by Crippen LogP contribution is 2.28. The Labute approximate surface area is 283 Å². The standard InChI is InChI=1S/C34H41FN6O6S/c1-39(29-8-9-30(44)38-34(29)47)19-26-23(20-42)4-2-6-27(26)36-18-31(45)40-14-10-22(11-15-40)33(46)37-28-7-3-5-24(32(28)35)21-48-41-16-12-25(43)13-17-41/h2-7,20,22,29,36H,8-19,21H2,1H3,(H,37,46)(H,38,44,47). The van der Waals surface area contributed by atoms with E-state index in [2.05, 4.69) is 20.3 Å². The fraction of sp³-hybridized carbons (Fsp3) is 0.471. The highest BCUT2D eigenvalue weighted by atomic mass is 32.2. The number of Topliss-reactive ketones (excluding diaryl/α,β-unsaturated/α-hetero) is 1. The maximum Gasteiger partial charge on any atom is 0.243 e. The molecule has 2 aromatic carbocycles. The summed E-state index contributed by atoms with van der Waals surface area (Å²) in [6, 6.07) is 9.59. The van der Waals surface area contributed by atoms with E-state index in [-0.39, 0.29) is 60.5 Å². The van der Waals surface area contributed by atoms with Crippen molar-refractivity contribution in [2.75, 3.05) is 50.4 Å². The highest BCUT2D eigenvalue weighted by molar-refractivity contribution is 7.96. The van der Waals surface area contributed by atoms with Gasteiger partial charge in [-0.05, 0) is 44.0 Å². The number of ketones is 1. The molecule has 0 radical (unpaired) electrons. The summed E-state index contributed by atoms with van der Waals surface area (Å²) in [6.07, 6.45) is 3.24. The molecule has 0 bridgehead atoms. The number of benzene rings is 2. The normalized spacial score (nSPS) is 19.3. The molecule has 5 rings (SSSR count). The van der Waals surface area contributed by atoms with Crippen molar-refractivity contribution in [1.29, 1.82) is 0 Å². The van der Waals surface area contributed by atoms with Crippen LogP contribution in [0.5, 0.6) is 0 Å². The zero-order valence-corrected chi connectivity index (χ0v) is 27.8. The summed E-state index contributed by atoms with van der Waals surface area (Å²) in [6.45, 7) is 2.26. The lowest BCUT2D eigenvalue weighted by molar-refractivity contribution is -0.137. The third kappa shape index (κ3) is 8.85. The fourth-order valence-corrected chi connectivity index (χ4v) is 7.23. The molecule has 1 unspecified atom stereocenters. The van der Waals surface area contributed by atoms with E-state index in [1.165, 1.54) is 11.9 Å². The Balaban J connectivity index is 1.11. The predicted molar refractivity (Wildman–Crippen MR) is 179 cm³/mol. The van der Waals surface area contributed by atoms with E-state index in [0.717, 1.165) is 6.29 Å². The summed E-state index contributed by atoms with van der Waals surface area (Å²) in [5.41, 5.74) is 2.27. The molecule has 0 aliphatic carbocycles. The number of rotatable bonds is 12. The molecule has 0 spiro atoms. The van der Waals surface area contributed by atoms with E-state index in [1.54, 1.807) is 53.2 Å². The SMILES string of the molecule is CN(Cc1c(C=O)cccc1NCC(=O)N1CCC(C(=O)Nc2cccc(CSN3CCC(=O)CC3)c2F)CC1)C1CCC(=O)NC1=O. The second kappa shape index (κ2) is 16.3. The minimum atomic E-state index is -0.520. The number of amides is 4. The zero-order chi connectivity index (χ0) is 34.2. The lowest BCUT2D eigenvalue weighted by Crippen LogP contribution is -2.51. The number of nitrogens with zero attached hydrogens (tertiary/aromatic N) is 3. The van der Waals surface area contributed by atoms with E-state index in [4.69, 9.17) is 0 Å². The smallest absolute Gasteiger partial charge is 0.243 e. The summed E-state index contributed by atoms with van der Waals surface area (Å²) in [7, 11) is 1.75. The lowest BCUT2D eigenvalue weighted by Gasteiger charge is -2.32. The Morgan fingerprint density at radius 2 is 1.71 bits per heavy atom. The first kappa shape index (κ1) is 35.2. The van der Waals surface area contributed by atoms with Crippen LogP contribution in [0, 0.1) is 11.7 Å². The molecule has 3 aliphatic rings. The quantitative estimate of drug-likeness (QED) is 0.174. The number of piperidine rings is 3. The first-order valence-corrected chi connectivity index (χ1v) is 17.2. The van der Waals surface area contributed by atoms with Crippen molar-refractivity contribution >= 4 is 59.0 Å². The minimum Gasteiger partial charge on any atom is -0.376 e. The largest absolute Gasteiger partial charge is 0.376 e. The maximum absolute atomic E-state index is 15.3. The Bertz CT molecular complexity index is 1550. The van der Waals surface area contributed by atoms with Crippen LogP contribution in [0.4, 0.5) is 15.8 Å². The average Bonchev–Trinajstić information content (AvgIpc) is 3.08. The van der Waals surface area contributed by atoms with Crippen LogP contribution in [-0.2, 0) is 36.3 Å². The van der Waals surface area contributed by atoms with Gasteiger partial charge in [0.2, 0.25) is 23.6 Å². The molecule has 3 fully saturated rings.